The molecule has 0 saturated carbocycles. The molecule has 0 spiro atoms. The number of methoxy groups -OCH3 is 1. The molecule has 20 heavy (non-hydrogen) atoms. The van der Waals surface area contributed by atoms with E-state index in [2.05, 4.69) is 51.2 Å². The van der Waals surface area contributed by atoms with Crippen LogP contribution in [0.15, 0.2) is 30.3 Å². The van der Waals surface area contributed by atoms with Gasteiger partial charge in [0.2, 0.25) is 0 Å². The highest BCUT2D eigenvalue weighted by Crippen LogP contribution is 2.30. The van der Waals surface area contributed by atoms with Gasteiger partial charge in [0.25, 0.3) is 0 Å². The van der Waals surface area contributed by atoms with E-state index in [1.165, 1.54) is 20.9 Å². The van der Waals surface area contributed by atoms with Gasteiger partial charge in [0.05, 0.1) is 7.11 Å². The molecule has 2 atom stereocenters. The largest absolute Gasteiger partial charge is 0.496 e. The van der Waals surface area contributed by atoms with E-state index < -0.39 is 0 Å². The third kappa shape index (κ3) is 3.22. The maximum Gasteiger partial charge on any atom is 0.123 e. The van der Waals surface area contributed by atoms with Gasteiger partial charge in [-0.05, 0) is 45.4 Å². The first-order valence-corrected chi connectivity index (χ1v) is 7.80. The van der Waals surface area contributed by atoms with Crippen LogP contribution in [0.25, 0.3) is 0 Å². The summed E-state index contributed by atoms with van der Waals surface area (Å²) in [5.74, 6) is 0.943. The van der Waals surface area contributed by atoms with Crippen molar-refractivity contribution in [2.24, 2.45) is 0 Å². The number of ether oxygens (including phenoxy) is 1. The normalized spacial score (nSPS) is 14.1. The van der Waals surface area contributed by atoms with Gasteiger partial charge >= 0.3 is 0 Å². The molecular weight excluding hydrogens is 266 g/mol. The topological polar surface area (TPSA) is 21.3 Å². The predicted molar refractivity (Wildman–Crippen MR) is 86.8 cm³/mol. The first-order chi connectivity index (χ1) is 9.52. The van der Waals surface area contributed by atoms with Crippen LogP contribution in [0.2, 0.25) is 0 Å². The molecule has 2 aromatic rings. The van der Waals surface area contributed by atoms with Crippen molar-refractivity contribution in [3.63, 3.8) is 0 Å². The Morgan fingerprint density at radius 3 is 2.30 bits per heavy atom. The highest BCUT2D eigenvalue weighted by atomic mass is 32.1. The molecule has 1 aromatic carbocycles. The maximum atomic E-state index is 5.44. The fourth-order valence-corrected chi connectivity index (χ4v) is 3.68. The molecule has 0 saturated heterocycles. The molecule has 1 heterocycles. The van der Waals surface area contributed by atoms with Crippen LogP contribution in [0, 0.1) is 13.8 Å². The van der Waals surface area contributed by atoms with E-state index in [1.807, 2.05) is 23.5 Å². The van der Waals surface area contributed by atoms with Crippen molar-refractivity contribution in [3.8, 4) is 5.75 Å². The number of para-hydroxylation sites is 1. The number of rotatable bonds is 5. The smallest absolute Gasteiger partial charge is 0.123 e. The fourth-order valence-electron chi connectivity index (χ4n) is 2.66. The molecule has 108 valence electrons. The summed E-state index contributed by atoms with van der Waals surface area (Å²) in [4.78, 5) is 2.77. The van der Waals surface area contributed by atoms with Gasteiger partial charge in [0, 0.05) is 27.4 Å². The Morgan fingerprint density at radius 1 is 1.05 bits per heavy atom. The van der Waals surface area contributed by atoms with E-state index in [0.29, 0.717) is 6.04 Å². The second-order valence-corrected chi connectivity index (χ2v) is 6.68. The molecule has 1 aromatic heterocycles. The Balaban J connectivity index is 2.15. The summed E-state index contributed by atoms with van der Waals surface area (Å²) in [5, 5.41) is 3.67. The van der Waals surface area contributed by atoms with Crippen molar-refractivity contribution < 1.29 is 4.74 Å². The Hall–Kier alpha value is -1.32. The van der Waals surface area contributed by atoms with Gasteiger partial charge in [0.1, 0.15) is 5.75 Å². The zero-order valence-electron chi connectivity index (χ0n) is 12.9. The number of benzene rings is 1. The van der Waals surface area contributed by atoms with Crippen molar-refractivity contribution in [2.45, 2.75) is 39.8 Å². The van der Waals surface area contributed by atoms with Crippen LogP contribution in [0.3, 0.4) is 0 Å². The summed E-state index contributed by atoms with van der Waals surface area (Å²) in [6.45, 7) is 8.76. The van der Waals surface area contributed by atoms with Crippen molar-refractivity contribution in [1.82, 2.24) is 5.32 Å². The lowest BCUT2D eigenvalue weighted by atomic mass is 10.0. The van der Waals surface area contributed by atoms with Gasteiger partial charge < -0.3 is 10.1 Å². The summed E-state index contributed by atoms with van der Waals surface area (Å²) in [6.07, 6.45) is 0. The summed E-state index contributed by atoms with van der Waals surface area (Å²) >= 11 is 1.86. The van der Waals surface area contributed by atoms with E-state index in [-0.39, 0.29) is 6.04 Å². The van der Waals surface area contributed by atoms with E-state index in [9.17, 15) is 0 Å². The lowest BCUT2D eigenvalue weighted by Gasteiger charge is -2.22. The Bertz CT molecular complexity index is 576. The average Bonchev–Trinajstić information content (AvgIpc) is 2.77. The van der Waals surface area contributed by atoms with E-state index >= 15 is 0 Å². The Kier molecular flexibility index (Phi) is 4.84. The van der Waals surface area contributed by atoms with Crippen LogP contribution in [-0.4, -0.2) is 7.11 Å². The van der Waals surface area contributed by atoms with E-state index in [1.54, 1.807) is 7.11 Å². The minimum absolute atomic E-state index is 0.251. The van der Waals surface area contributed by atoms with Gasteiger partial charge in [-0.3, -0.25) is 0 Å². The number of thiophene rings is 1. The molecule has 0 bridgehead atoms. The molecule has 0 amide bonds. The van der Waals surface area contributed by atoms with Crippen molar-refractivity contribution in [2.75, 3.05) is 7.11 Å². The zero-order valence-corrected chi connectivity index (χ0v) is 13.7. The molecule has 0 fully saturated rings. The monoisotopic (exact) mass is 289 g/mol. The van der Waals surface area contributed by atoms with E-state index in [4.69, 9.17) is 4.74 Å². The third-order valence-electron chi connectivity index (χ3n) is 3.65. The maximum absolute atomic E-state index is 5.44. The van der Waals surface area contributed by atoms with Crippen molar-refractivity contribution in [1.29, 1.82) is 0 Å². The summed E-state index contributed by atoms with van der Waals surface area (Å²) in [7, 11) is 1.72. The number of hydrogen-bond donors (Lipinski definition) is 1. The third-order valence-corrected chi connectivity index (χ3v) is 4.63. The molecule has 1 N–H and O–H groups in total. The SMILES string of the molecule is COc1ccccc1[C@H](C)NC(C)c1cc(C)sc1C. The molecule has 1 unspecified atom stereocenters. The highest BCUT2D eigenvalue weighted by molar-refractivity contribution is 7.12. The van der Waals surface area contributed by atoms with Crippen LogP contribution < -0.4 is 10.1 Å². The fraction of sp³-hybridized carbons (Fsp3) is 0.412. The van der Waals surface area contributed by atoms with Gasteiger partial charge in [-0.1, -0.05) is 18.2 Å². The Labute approximate surface area is 125 Å². The second kappa shape index (κ2) is 6.42. The molecule has 2 nitrogen and oxygen atoms in total. The highest BCUT2D eigenvalue weighted by Gasteiger charge is 2.16. The average molecular weight is 289 g/mol. The van der Waals surface area contributed by atoms with Crippen LogP contribution in [0.1, 0.15) is 46.8 Å². The number of hydrogen-bond acceptors (Lipinski definition) is 3. The number of nitrogens with one attached hydrogen (secondary N) is 1. The van der Waals surface area contributed by atoms with Crippen molar-refractivity contribution in [3.05, 3.63) is 51.2 Å². The molecule has 0 aliphatic heterocycles. The van der Waals surface area contributed by atoms with Crippen molar-refractivity contribution >= 4 is 11.3 Å². The first kappa shape index (κ1) is 15.1. The number of aryl methyl sites for hydroxylation is 2. The first-order valence-electron chi connectivity index (χ1n) is 6.98. The lowest BCUT2D eigenvalue weighted by molar-refractivity contribution is 0.396. The summed E-state index contributed by atoms with van der Waals surface area (Å²) in [5.41, 5.74) is 2.60. The summed E-state index contributed by atoms with van der Waals surface area (Å²) in [6, 6.07) is 11.1. The second-order valence-electron chi connectivity index (χ2n) is 5.22. The van der Waals surface area contributed by atoms with Gasteiger partial charge in [0.15, 0.2) is 0 Å². The van der Waals surface area contributed by atoms with Crippen LogP contribution >= 0.6 is 11.3 Å². The molecule has 2 rings (SSSR count). The quantitative estimate of drug-likeness (QED) is 0.855. The van der Waals surface area contributed by atoms with Gasteiger partial charge in [-0.2, -0.15) is 0 Å². The Morgan fingerprint density at radius 2 is 1.70 bits per heavy atom. The summed E-state index contributed by atoms with van der Waals surface area (Å²) < 4.78 is 5.44. The van der Waals surface area contributed by atoms with Gasteiger partial charge in [-0.25, -0.2) is 0 Å². The molecule has 0 radical (unpaired) electrons. The molecule has 0 aliphatic carbocycles. The lowest BCUT2D eigenvalue weighted by Crippen LogP contribution is -2.23. The van der Waals surface area contributed by atoms with Gasteiger partial charge in [-0.15, -0.1) is 11.3 Å². The molecule has 3 heteroatoms. The minimum atomic E-state index is 0.251. The van der Waals surface area contributed by atoms with E-state index in [0.717, 1.165) is 5.75 Å². The minimum Gasteiger partial charge on any atom is -0.496 e. The predicted octanol–water partition coefficient (Wildman–Crippen LogP) is 4.79. The zero-order chi connectivity index (χ0) is 14.7. The molecular formula is C17H23NOS. The molecule has 0 aliphatic rings. The van der Waals surface area contributed by atoms with Crippen LogP contribution in [0.4, 0.5) is 0 Å². The standard InChI is InChI=1S/C17H23NOS/c1-11-10-16(14(4)20-11)13(3)18-12(2)15-8-6-7-9-17(15)19-5/h6-10,12-13,18H,1-5H3/t12-,13?/m0/s1. The van der Waals surface area contributed by atoms with Crippen LogP contribution in [-0.2, 0) is 0 Å². The van der Waals surface area contributed by atoms with Crippen LogP contribution in [0.5, 0.6) is 5.75 Å².